The zero-order valence-electron chi connectivity index (χ0n) is 32.1. The minimum absolute atomic E-state index is 0.701. The maximum Gasteiger partial charge on any atom is 0.160 e. The molecule has 0 saturated heterocycles. The van der Waals surface area contributed by atoms with Crippen molar-refractivity contribution in [2.45, 2.75) is 0 Å². The molecule has 11 aromatic rings. The van der Waals surface area contributed by atoms with E-state index in [9.17, 15) is 0 Å². The van der Waals surface area contributed by atoms with Crippen molar-refractivity contribution in [2.75, 3.05) is 0 Å². The normalized spacial score (nSPS) is 11.4. The lowest BCUT2D eigenvalue weighted by molar-refractivity contribution is 1.17. The molecule has 0 atom stereocenters. The van der Waals surface area contributed by atoms with Crippen LogP contribution in [-0.4, -0.2) is 19.5 Å². The summed E-state index contributed by atoms with van der Waals surface area (Å²) >= 11 is 0. The summed E-state index contributed by atoms with van der Waals surface area (Å²) in [5.41, 5.74) is 15.9. The van der Waals surface area contributed by atoms with Crippen LogP contribution in [0, 0.1) is 0 Å². The van der Waals surface area contributed by atoms with E-state index in [2.05, 4.69) is 199 Å². The molecule has 0 aliphatic heterocycles. The lowest BCUT2D eigenvalue weighted by Gasteiger charge is -2.13. The van der Waals surface area contributed by atoms with Gasteiger partial charge in [-0.25, -0.2) is 15.0 Å². The standard InChI is InChI=1S/C55H36N4/c1-4-14-37(15-5-1)38-24-30-41(31-25-38)49-36-50(58-55(57-49)44-16-6-2-7-17-44)42-32-26-39(27-33-42)40-28-34-43(35-29-40)53-54-52(46-20-10-12-22-48(46)56-53)47-21-11-13-23-51(47)59(54)45-18-8-3-9-19-45/h1-36H. The van der Waals surface area contributed by atoms with E-state index in [4.69, 9.17) is 15.0 Å². The molecule has 0 aliphatic carbocycles. The summed E-state index contributed by atoms with van der Waals surface area (Å²) in [5.74, 6) is 0.701. The molecule has 0 unspecified atom stereocenters. The molecular formula is C55H36N4. The third-order valence-corrected chi connectivity index (χ3v) is 11.2. The van der Waals surface area contributed by atoms with Crippen LogP contribution in [0.4, 0.5) is 0 Å². The molecule has 0 aliphatic rings. The molecule has 0 amide bonds. The Labute approximate surface area is 342 Å². The molecule has 276 valence electrons. The van der Waals surface area contributed by atoms with E-state index >= 15 is 0 Å². The van der Waals surface area contributed by atoms with Crippen molar-refractivity contribution < 1.29 is 0 Å². The highest BCUT2D eigenvalue weighted by atomic mass is 15.0. The van der Waals surface area contributed by atoms with Crippen molar-refractivity contribution in [3.63, 3.8) is 0 Å². The molecule has 59 heavy (non-hydrogen) atoms. The minimum Gasteiger partial charge on any atom is -0.307 e. The van der Waals surface area contributed by atoms with E-state index in [1.54, 1.807) is 0 Å². The minimum atomic E-state index is 0.701. The fourth-order valence-corrected chi connectivity index (χ4v) is 8.32. The Morgan fingerprint density at radius 3 is 1.36 bits per heavy atom. The molecule has 0 spiro atoms. The Kier molecular flexibility index (Phi) is 8.45. The van der Waals surface area contributed by atoms with Gasteiger partial charge in [-0.15, -0.1) is 0 Å². The van der Waals surface area contributed by atoms with Gasteiger partial charge in [-0.3, -0.25) is 0 Å². The molecular weight excluding hydrogens is 717 g/mol. The fraction of sp³-hybridized carbons (Fsp3) is 0. The summed E-state index contributed by atoms with van der Waals surface area (Å²) in [4.78, 5) is 15.5. The molecule has 3 heterocycles. The van der Waals surface area contributed by atoms with Gasteiger partial charge >= 0.3 is 0 Å². The summed E-state index contributed by atoms with van der Waals surface area (Å²) in [6.45, 7) is 0. The average molecular weight is 753 g/mol. The van der Waals surface area contributed by atoms with Gasteiger partial charge in [0.05, 0.1) is 33.6 Å². The van der Waals surface area contributed by atoms with Gasteiger partial charge in [0, 0.05) is 44.1 Å². The third kappa shape index (κ3) is 6.24. The predicted octanol–water partition coefficient (Wildman–Crippen LogP) is 14.1. The molecule has 11 rings (SSSR count). The zero-order valence-corrected chi connectivity index (χ0v) is 32.1. The van der Waals surface area contributed by atoms with Crippen LogP contribution in [0.1, 0.15) is 0 Å². The molecule has 0 N–H and O–H groups in total. The second-order valence-corrected chi connectivity index (χ2v) is 14.8. The Morgan fingerprint density at radius 2 is 0.763 bits per heavy atom. The monoisotopic (exact) mass is 752 g/mol. The first-order chi connectivity index (χ1) is 29.2. The SMILES string of the molecule is c1ccc(-c2ccc(-c3cc(-c4ccc(-c5ccc(-c6nc7ccccc7c7c8ccccc8n(-c8ccccc8)c67)cc5)cc4)nc(-c4ccccc4)n3)cc2)cc1. The van der Waals surface area contributed by atoms with Crippen LogP contribution in [0.15, 0.2) is 218 Å². The molecule has 0 radical (unpaired) electrons. The number of hydrogen-bond acceptors (Lipinski definition) is 3. The summed E-state index contributed by atoms with van der Waals surface area (Å²) in [6, 6.07) is 76.7. The smallest absolute Gasteiger partial charge is 0.160 e. The highest BCUT2D eigenvalue weighted by Gasteiger charge is 2.20. The molecule has 0 saturated carbocycles. The molecule has 8 aromatic carbocycles. The van der Waals surface area contributed by atoms with Gasteiger partial charge in [0.15, 0.2) is 5.82 Å². The lowest BCUT2D eigenvalue weighted by Crippen LogP contribution is -1.97. The van der Waals surface area contributed by atoms with E-state index in [-0.39, 0.29) is 0 Å². The topological polar surface area (TPSA) is 43.6 Å². The first-order valence-corrected chi connectivity index (χ1v) is 19.9. The van der Waals surface area contributed by atoms with Crippen LogP contribution in [0.25, 0.3) is 106 Å². The number of nitrogens with zero attached hydrogens (tertiary/aromatic N) is 4. The summed E-state index contributed by atoms with van der Waals surface area (Å²) < 4.78 is 2.37. The Bertz CT molecular complexity index is 3260. The van der Waals surface area contributed by atoms with E-state index in [0.717, 1.165) is 78.1 Å². The summed E-state index contributed by atoms with van der Waals surface area (Å²) in [6.07, 6.45) is 0. The molecule has 4 heteroatoms. The van der Waals surface area contributed by atoms with Gasteiger partial charge in [0.1, 0.15) is 0 Å². The third-order valence-electron chi connectivity index (χ3n) is 11.2. The second kappa shape index (κ2) is 14.5. The van der Waals surface area contributed by atoms with Gasteiger partial charge in [0.25, 0.3) is 0 Å². The van der Waals surface area contributed by atoms with Crippen molar-refractivity contribution in [1.82, 2.24) is 19.5 Å². The molecule has 3 aromatic heterocycles. The zero-order chi connectivity index (χ0) is 39.1. The van der Waals surface area contributed by atoms with Gasteiger partial charge in [0.2, 0.25) is 0 Å². The van der Waals surface area contributed by atoms with Crippen LogP contribution in [0.2, 0.25) is 0 Å². The average Bonchev–Trinajstić information content (AvgIpc) is 3.68. The predicted molar refractivity (Wildman–Crippen MR) is 244 cm³/mol. The van der Waals surface area contributed by atoms with Crippen molar-refractivity contribution in [3.05, 3.63) is 218 Å². The quantitative estimate of drug-likeness (QED) is 0.163. The number of fused-ring (bicyclic) bond motifs is 5. The van der Waals surface area contributed by atoms with Crippen LogP contribution in [-0.2, 0) is 0 Å². The van der Waals surface area contributed by atoms with Gasteiger partial charge in [-0.1, -0.05) is 188 Å². The largest absolute Gasteiger partial charge is 0.307 e. The molecule has 4 nitrogen and oxygen atoms in total. The first-order valence-electron chi connectivity index (χ1n) is 19.9. The number of para-hydroxylation sites is 3. The number of rotatable bonds is 7. The van der Waals surface area contributed by atoms with Gasteiger partial charge in [-0.2, -0.15) is 0 Å². The van der Waals surface area contributed by atoms with Crippen LogP contribution < -0.4 is 0 Å². The van der Waals surface area contributed by atoms with Crippen molar-refractivity contribution in [3.8, 4) is 73.1 Å². The number of hydrogen-bond donors (Lipinski definition) is 0. The van der Waals surface area contributed by atoms with E-state index < -0.39 is 0 Å². The van der Waals surface area contributed by atoms with Gasteiger partial charge in [-0.05, 0) is 52.6 Å². The summed E-state index contributed by atoms with van der Waals surface area (Å²) in [7, 11) is 0. The number of pyridine rings is 1. The van der Waals surface area contributed by atoms with E-state index in [0.29, 0.717) is 5.82 Å². The van der Waals surface area contributed by atoms with E-state index in [1.807, 2.05) is 24.3 Å². The number of aromatic nitrogens is 4. The van der Waals surface area contributed by atoms with Crippen LogP contribution in [0.3, 0.4) is 0 Å². The maximum atomic E-state index is 5.35. The Balaban J connectivity index is 0.966. The van der Waals surface area contributed by atoms with E-state index in [1.165, 1.54) is 21.9 Å². The Hall–Kier alpha value is -7.95. The van der Waals surface area contributed by atoms with Gasteiger partial charge < -0.3 is 4.57 Å². The number of benzene rings is 8. The first kappa shape index (κ1) is 34.3. The molecule has 0 fully saturated rings. The second-order valence-electron chi connectivity index (χ2n) is 14.8. The Morgan fingerprint density at radius 1 is 0.322 bits per heavy atom. The highest BCUT2D eigenvalue weighted by Crippen LogP contribution is 2.41. The fourth-order valence-electron chi connectivity index (χ4n) is 8.32. The molecule has 0 bridgehead atoms. The maximum absolute atomic E-state index is 5.35. The van der Waals surface area contributed by atoms with Crippen molar-refractivity contribution in [1.29, 1.82) is 0 Å². The van der Waals surface area contributed by atoms with Crippen LogP contribution in [0.5, 0.6) is 0 Å². The highest BCUT2D eigenvalue weighted by molar-refractivity contribution is 6.23. The van der Waals surface area contributed by atoms with Crippen molar-refractivity contribution >= 4 is 32.7 Å². The van der Waals surface area contributed by atoms with Crippen LogP contribution >= 0.6 is 0 Å². The van der Waals surface area contributed by atoms with Crippen molar-refractivity contribution in [2.24, 2.45) is 0 Å². The summed E-state index contributed by atoms with van der Waals surface area (Å²) in [5, 5.41) is 3.59. The lowest BCUT2D eigenvalue weighted by atomic mass is 9.98.